The monoisotopic (exact) mass is 447 g/mol. The molecule has 0 saturated carbocycles. The molecule has 1 atom stereocenters. The molecular formula is C21H24F3N7O. The van der Waals surface area contributed by atoms with E-state index in [4.69, 9.17) is 0 Å². The summed E-state index contributed by atoms with van der Waals surface area (Å²) in [6.45, 7) is 6.32. The molecule has 0 bridgehead atoms. The second kappa shape index (κ2) is 9.75. The Labute approximate surface area is 183 Å². The number of alkyl halides is 3. The molecule has 11 heteroatoms. The van der Waals surface area contributed by atoms with Crippen molar-refractivity contribution in [1.82, 2.24) is 29.9 Å². The second-order valence-corrected chi connectivity index (χ2v) is 7.10. The van der Waals surface area contributed by atoms with Gasteiger partial charge in [-0.2, -0.15) is 23.4 Å². The Bertz CT molecular complexity index is 1040. The molecule has 0 radical (unpaired) electrons. The average molecular weight is 447 g/mol. The van der Waals surface area contributed by atoms with E-state index in [0.717, 1.165) is 12.3 Å². The van der Waals surface area contributed by atoms with Gasteiger partial charge in [0.15, 0.2) is 5.69 Å². The fourth-order valence-corrected chi connectivity index (χ4v) is 3.28. The van der Waals surface area contributed by atoms with E-state index >= 15 is 0 Å². The van der Waals surface area contributed by atoms with Gasteiger partial charge in [0, 0.05) is 31.0 Å². The van der Waals surface area contributed by atoms with Gasteiger partial charge in [0.25, 0.3) is 5.91 Å². The predicted octanol–water partition coefficient (Wildman–Crippen LogP) is 3.74. The molecule has 3 aromatic rings. The van der Waals surface area contributed by atoms with Crippen LogP contribution in [0, 0.1) is 6.92 Å². The number of likely N-dealkylation sites (N-methyl/N-ethyl adjacent to an activating group) is 1. The second-order valence-electron chi connectivity index (χ2n) is 7.10. The number of halogens is 3. The average Bonchev–Trinajstić information content (AvgIpc) is 3.30. The number of hydrogen-bond donors (Lipinski definition) is 1. The Morgan fingerprint density at radius 3 is 2.44 bits per heavy atom. The molecular weight excluding hydrogens is 423 g/mol. The van der Waals surface area contributed by atoms with Gasteiger partial charge in [0.1, 0.15) is 11.5 Å². The zero-order valence-electron chi connectivity index (χ0n) is 18.0. The van der Waals surface area contributed by atoms with Gasteiger partial charge in [-0.15, -0.1) is 4.80 Å². The Balaban J connectivity index is 1.79. The van der Waals surface area contributed by atoms with Crippen molar-refractivity contribution in [2.75, 3.05) is 18.4 Å². The molecule has 0 aliphatic heterocycles. The highest BCUT2D eigenvalue weighted by Crippen LogP contribution is 2.28. The topological polar surface area (TPSA) is 88.8 Å². The highest BCUT2D eigenvalue weighted by molar-refractivity contribution is 5.96. The summed E-state index contributed by atoms with van der Waals surface area (Å²) in [7, 11) is 0. The lowest BCUT2D eigenvalue weighted by Crippen LogP contribution is -2.44. The number of hydrogen-bond acceptors (Lipinski definition) is 6. The molecule has 170 valence electrons. The van der Waals surface area contributed by atoms with E-state index in [1.165, 1.54) is 23.3 Å². The standard InChI is InChI=1S/C21H24F3N7O/c1-4-16(13-26-18-9-7-15(12-25-18)21(22,23)24)30(5-2)20(32)19-17(8-6-14(3)29-19)31-27-10-11-28-31/h6-12,16H,4-5,13H2,1-3H3,(H,25,26)/t16-/m0/s1. The molecule has 3 rings (SSSR count). The minimum Gasteiger partial charge on any atom is -0.368 e. The Morgan fingerprint density at radius 2 is 1.88 bits per heavy atom. The summed E-state index contributed by atoms with van der Waals surface area (Å²) in [6, 6.07) is 5.53. The minimum absolute atomic E-state index is 0.231. The van der Waals surface area contributed by atoms with Crippen LogP contribution in [0.1, 0.15) is 42.0 Å². The zero-order chi connectivity index (χ0) is 23.3. The summed E-state index contributed by atoms with van der Waals surface area (Å²) in [5.74, 6) is 0.0209. The van der Waals surface area contributed by atoms with Crippen LogP contribution in [0.4, 0.5) is 19.0 Å². The van der Waals surface area contributed by atoms with Gasteiger partial charge in [0.05, 0.1) is 18.0 Å². The van der Waals surface area contributed by atoms with E-state index in [0.29, 0.717) is 36.7 Å². The van der Waals surface area contributed by atoms with Crippen LogP contribution in [0.5, 0.6) is 0 Å². The first-order valence-corrected chi connectivity index (χ1v) is 10.2. The fourth-order valence-electron chi connectivity index (χ4n) is 3.28. The van der Waals surface area contributed by atoms with E-state index in [1.54, 1.807) is 24.0 Å². The summed E-state index contributed by atoms with van der Waals surface area (Å²) in [5, 5.41) is 11.2. The van der Waals surface area contributed by atoms with Crippen LogP contribution < -0.4 is 5.32 Å². The van der Waals surface area contributed by atoms with Crippen LogP contribution >= 0.6 is 0 Å². The van der Waals surface area contributed by atoms with Crippen molar-refractivity contribution in [2.24, 2.45) is 0 Å². The number of anilines is 1. The minimum atomic E-state index is -4.44. The Morgan fingerprint density at radius 1 is 1.16 bits per heavy atom. The molecule has 1 amide bonds. The molecule has 1 N–H and O–H groups in total. The summed E-state index contributed by atoms with van der Waals surface area (Å²) in [4.78, 5) is 24.7. The first kappa shape index (κ1) is 23.2. The molecule has 0 unspecified atom stereocenters. The first-order valence-electron chi connectivity index (χ1n) is 10.2. The van der Waals surface area contributed by atoms with Crippen LogP contribution in [0.25, 0.3) is 5.69 Å². The molecule has 0 aliphatic carbocycles. The molecule has 0 spiro atoms. The van der Waals surface area contributed by atoms with E-state index < -0.39 is 11.7 Å². The normalized spacial score (nSPS) is 12.4. The number of rotatable bonds is 8. The molecule has 0 fully saturated rings. The zero-order valence-corrected chi connectivity index (χ0v) is 18.0. The number of carbonyl (C=O) groups excluding carboxylic acids is 1. The fraction of sp³-hybridized carbons (Fsp3) is 0.381. The van der Waals surface area contributed by atoms with Crippen LogP contribution in [-0.4, -0.2) is 54.9 Å². The number of carbonyl (C=O) groups is 1. The van der Waals surface area contributed by atoms with Crippen molar-refractivity contribution in [1.29, 1.82) is 0 Å². The third-order valence-corrected chi connectivity index (χ3v) is 4.97. The lowest BCUT2D eigenvalue weighted by atomic mass is 10.1. The van der Waals surface area contributed by atoms with Gasteiger partial charge in [-0.25, -0.2) is 9.97 Å². The number of nitrogens with one attached hydrogen (secondary N) is 1. The number of nitrogens with zero attached hydrogens (tertiary/aromatic N) is 6. The largest absolute Gasteiger partial charge is 0.417 e. The molecule has 3 heterocycles. The van der Waals surface area contributed by atoms with Gasteiger partial charge in [-0.05, 0) is 44.5 Å². The maximum absolute atomic E-state index is 13.4. The van der Waals surface area contributed by atoms with E-state index in [1.807, 2.05) is 13.8 Å². The molecule has 0 saturated heterocycles. The molecule has 32 heavy (non-hydrogen) atoms. The number of aromatic nitrogens is 5. The maximum atomic E-state index is 13.4. The Kier molecular flexibility index (Phi) is 7.06. The maximum Gasteiger partial charge on any atom is 0.417 e. The highest BCUT2D eigenvalue weighted by atomic mass is 19.4. The molecule has 0 aromatic carbocycles. The lowest BCUT2D eigenvalue weighted by molar-refractivity contribution is -0.137. The van der Waals surface area contributed by atoms with E-state index in [2.05, 4.69) is 25.5 Å². The molecule has 8 nitrogen and oxygen atoms in total. The van der Waals surface area contributed by atoms with Crippen molar-refractivity contribution in [3.05, 3.63) is 59.8 Å². The van der Waals surface area contributed by atoms with Crippen molar-refractivity contribution < 1.29 is 18.0 Å². The van der Waals surface area contributed by atoms with E-state index in [-0.39, 0.29) is 17.6 Å². The van der Waals surface area contributed by atoms with Crippen LogP contribution in [0.15, 0.2) is 42.9 Å². The lowest BCUT2D eigenvalue weighted by Gasteiger charge is -2.30. The van der Waals surface area contributed by atoms with Crippen LogP contribution in [0.2, 0.25) is 0 Å². The van der Waals surface area contributed by atoms with Crippen molar-refractivity contribution in [2.45, 2.75) is 39.4 Å². The van der Waals surface area contributed by atoms with Gasteiger partial charge in [0.2, 0.25) is 0 Å². The van der Waals surface area contributed by atoms with Crippen molar-refractivity contribution in [3.63, 3.8) is 0 Å². The third kappa shape index (κ3) is 5.21. The van der Waals surface area contributed by atoms with Crippen LogP contribution in [0.3, 0.4) is 0 Å². The van der Waals surface area contributed by atoms with Gasteiger partial charge >= 0.3 is 6.18 Å². The quantitative estimate of drug-likeness (QED) is 0.566. The van der Waals surface area contributed by atoms with Gasteiger partial charge in [-0.3, -0.25) is 4.79 Å². The Hall–Kier alpha value is -3.50. The molecule has 0 aliphatic rings. The summed E-state index contributed by atoms with van der Waals surface area (Å²) in [5.41, 5.74) is 0.566. The SMILES string of the molecule is CC[C@@H](CNc1ccc(C(F)(F)F)cn1)N(CC)C(=O)c1nc(C)ccc1-n1nccn1. The number of amides is 1. The van der Waals surface area contributed by atoms with Crippen molar-refractivity contribution in [3.8, 4) is 5.69 Å². The smallest absolute Gasteiger partial charge is 0.368 e. The van der Waals surface area contributed by atoms with Gasteiger partial charge in [-0.1, -0.05) is 6.92 Å². The summed E-state index contributed by atoms with van der Waals surface area (Å²) >= 11 is 0. The number of pyridine rings is 2. The summed E-state index contributed by atoms with van der Waals surface area (Å²) in [6.07, 6.45) is -0.00559. The first-order chi connectivity index (χ1) is 15.2. The van der Waals surface area contributed by atoms with E-state index in [9.17, 15) is 18.0 Å². The summed E-state index contributed by atoms with van der Waals surface area (Å²) < 4.78 is 38.2. The molecule has 3 aromatic heterocycles. The van der Waals surface area contributed by atoms with Crippen LogP contribution in [-0.2, 0) is 6.18 Å². The third-order valence-electron chi connectivity index (χ3n) is 4.97. The van der Waals surface area contributed by atoms with Gasteiger partial charge < -0.3 is 10.2 Å². The predicted molar refractivity (Wildman–Crippen MR) is 112 cm³/mol. The highest BCUT2D eigenvalue weighted by Gasteiger charge is 2.31. The van der Waals surface area contributed by atoms with Crippen molar-refractivity contribution >= 4 is 11.7 Å². The number of aryl methyl sites for hydroxylation is 1.